The first-order chi connectivity index (χ1) is 10.7. The van der Waals surface area contributed by atoms with Crippen molar-refractivity contribution >= 4 is 5.91 Å². The summed E-state index contributed by atoms with van der Waals surface area (Å²) < 4.78 is 5.35. The molecule has 1 amide bonds. The van der Waals surface area contributed by atoms with Crippen LogP contribution in [-0.2, 0) is 0 Å². The number of hydrogen-bond acceptors (Lipinski definition) is 5. The molecule has 6 heteroatoms. The summed E-state index contributed by atoms with van der Waals surface area (Å²) in [6, 6.07) is 6.99. The monoisotopic (exact) mass is 299 g/mol. The van der Waals surface area contributed by atoms with Gasteiger partial charge in [-0.25, -0.2) is 0 Å². The molecule has 1 aliphatic carbocycles. The zero-order valence-corrected chi connectivity index (χ0v) is 12.2. The lowest BCUT2D eigenvalue weighted by molar-refractivity contribution is 0.0941. The van der Waals surface area contributed by atoms with Gasteiger partial charge in [0.15, 0.2) is 0 Å². The maximum atomic E-state index is 12.2. The second-order valence-electron chi connectivity index (χ2n) is 5.35. The lowest BCUT2D eigenvalue weighted by Gasteiger charge is -2.12. The fourth-order valence-electron chi connectivity index (χ4n) is 2.45. The summed E-state index contributed by atoms with van der Waals surface area (Å²) in [6.07, 6.45) is 4.60. The Hall–Kier alpha value is -2.47. The molecule has 0 saturated heterocycles. The van der Waals surface area contributed by atoms with E-state index in [1.807, 2.05) is 12.2 Å². The minimum absolute atomic E-state index is 0.0251. The zero-order valence-electron chi connectivity index (χ0n) is 12.2. The van der Waals surface area contributed by atoms with Crippen LogP contribution in [0.3, 0.4) is 0 Å². The van der Waals surface area contributed by atoms with Gasteiger partial charge in [0.2, 0.25) is 11.8 Å². The van der Waals surface area contributed by atoms with Crippen LogP contribution in [0, 0.1) is 12.8 Å². The molecule has 0 saturated carbocycles. The molecule has 0 radical (unpaired) electrons. The Labute approximate surface area is 127 Å². The number of benzene rings is 1. The van der Waals surface area contributed by atoms with Crippen LogP contribution in [0.25, 0.3) is 11.5 Å². The van der Waals surface area contributed by atoms with Gasteiger partial charge >= 0.3 is 0 Å². The van der Waals surface area contributed by atoms with Gasteiger partial charge in [0, 0.05) is 36.6 Å². The van der Waals surface area contributed by atoms with Crippen molar-refractivity contribution in [3.8, 4) is 11.5 Å². The molecule has 6 nitrogen and oxygen atoms in total. The van der Waals surface area contributed by atoms with E-state index in [1.54, 1.807) is 31.2 Å². The fourth-order valence-corrected chi connectivity index (χ4v) is 2.45. The number of aliphatic hydroxyl groups excluding tert-OH is 1. The molecule has 0 aliphatic heterocycles. The Balaban J connectivity index is 1.65. The number of nitrogens with one attached hydrogen (secondary N) is 1. The molecule has 0 fully saturated rings. The molecule has 1 aliphatic rings. The molecule has 0 bridgehead atoms. The molecule has 2 aromatic rings. The highest BCUT2D eigenvalue weighted by molar-refractivity contribution is 5.94. The smallest absolute Gasteiger partial charge is 0.251 e. The lowest BCUT2D eigenvalue weighted by Crippen LogP contribution is -2.32. The normalized spacial score (nSPS) is 20.3. The minimum Gasteiger partial charge on any atom is -0.421 e. The van der Waals surface area contributed by atoms with Crippen LogP contribution in [0.5, 0.6) is 0 Å². The van der Waals surface area contributed by atoms with Crippen LogP contribution in [0.4, 0.5) is 0 Å². The number of carbonyl (C=O) groups excluding carboxylic acids is 1. The maximum Gasteiger partial charge on any atom is 0.251 e. The molecule has 1 aromatic carbocycles. The summed E-state index contributed by atoms with van der Waals surface area (Å²) >= 11 is 0. The van der Waals surface area contributed by atoms with E-state index in [2.05, 4.69) is 15.5 Å². The quantitative estimate of drug-likeness (QED) is 0.839. The molecule has 0 unspecified atom stereocenters. The van der Waals surface area contributed by atoms with Crippen LogP contribution in [0.2, 0.25) is 0 Å². The highest BCUT2D eigenvalue weighted by Gasteiger charge is 2.20. The Morgan fingerprint density at radius 1 is 1.32 bits per heavy atom. The first kappa shape index (κ1) is 14.5. The number of aromatic nitrogens is 2. The van der Waals surface area contributed by atoms with Crippen LogP contribution in [-0.4, -0.2) is 33.9 Å². The largest absolute Gasteiger partial charge is 0.421 e. The molecule has 1 heterocycles. The van der Waals surface area contributed by atoms with E-state index in [0.29, 0.717) is 17.3 Å². The van der Waals surface area contributed by atoms with E-state index in [1.165, 1.54) is 0 Å². The highest BCUT2D eigenvalue weighted by atomic mass is 16.4. The van der Waals surface area contributed by atoms with Gasteiger partial charge in [-0.3, -0.25) is 4.79 Å². The topological polar surface area (TPSA) is 88.2 Å². The Bertz CT molecular complexity index is 691. The van der Waals surface area contributed by atoms with Gasteiger partial charge in [-0.05, 0) is 30.7 Å². The molecule has 2 atom stereocenters. The number of aryl methyl sites for hydroxylation is 1. The van der Waals surface area contributed by atoms with E-state index >= 15 is 0 Å². The van der Waals surface area contributed by atoms with E-state index in [0.717, 1.165) is 12.0 Å². The summed E-state index contributed by atoms with van der Waals surface area (Å²) in [7, 11) is 0. The predicted molar refractivity (Wildman–Crippen MR) is 80.1 cm³/mol. The van der Waals surface area contributed by atoms with Crippen LogP contribution in [0.1, 0.15) is 22.7 Å². The fraction of sp³-hybridized carbons (Fsp3) is 0.312. The summed E-state index contributed by atoms with van der Waals surface area (Å²) in [4.78, 5) is 12.2. The summed E-state index contributed by atoms with van der Waals surface area (Å²) in [6.45, 7) is 1.84. The van der Waals surface area contributed by atoms with Gasteiger partial charge in [-0.15, -0.1) is 10.2 Å². The lowest BCUT2D eigenvalue weighted by atomic mass is 10.1. The number of carbonyl (C=O) groups is 1. The SMILES string of the molecule is Cc1nnc(-c2ccc(C(=O)N[C@@H]3C=C[C@H](CO)C3)cc2)o1. The van der Waals surface area contributed by atoms with Crippen molar-refractivity contribution in [3.05, 3.63) is 47.9 Å². The number of aliphatic hydroxyl groups is 1. The third-order valence-electron chi connectivity index (χ3n) is 3.64. The third-order valence-corrected chi connectivity index (χ3v) is 3.64. The highest BCUT2D eigenvalue weighted by Crippen LogP contribution is 2.20. The molecular weight excluding hydrogens is 282 g/mol. The van der Waals surface area contributed by atoms with E-state index in [-0.39, 0.29) is 24.5 Å². The Kier molecular flexibility index (Phi) is 4.02. The minimum atomic E-state index is -0.138. The van der Waals surface area contributed by atoms with Crippen molar-refractivity contribution in [3.63, 3.8) is 0 Å². The molecule has 22 heavy (non-hydrogen) atoms. The Morgan fingerprint density at radius 2 is 2.09 bits per heavy atom. The van der Waals surface area contributed by atoms with E-state index in [9.17, 15) is 4.79 Å². The van der Waals surface area contributed by atoms with E-state index < -0.39 is 0 Å². The second kappa shape index (κ2) is 6.11. The first-order valence-corrected chi connectivity index (χ1v) is 7.16. The van der Waals surface area contributed by atoms with Crippen molar-refractivity contribution in [1.29, 1.82) is 0 Å². The number of rotatable bonds is 4. The molecule has 0 spiro atoms. The molecule has 114 valence electrons. The van der Waals surface area contributed by atoms with E-state index in [4.69, 9.17) is 9.52 Å². The zero-order chi connectivity index (χ0) is 15.5. The van der Waals surface area contributed by atoms with Gasteiger partial charge in [0.1, 0.15) is 0 Å². The molecular formula is C16H17N3O3. The average Bonchev–Trinajstić information content (AvgIpc) is 3.16. The standard InChI is InChI=1S/C16H17N3O3/c1-10-18-19-16(22-10)13-5-3-12(4-6-13)15(21)17-14-7-2-11(8-14)9-20/h2-7,11,14,20H,8-9H2,1H3,(H,17,21)/t11-,14+/m0/s1. The number of hydrogen-bond donors (Lipinski definition) is 2. The van der Waals surface area contributed by atoms with Crippen molar-refractivity contribution in [1.82, 2.24) is 15.5 Å². The predicted octanol–water partition coefficient (Wildman–Crippen LogP) is 1.71. The number of nitrogens with zero attached hydrogens (tertiary/aromatic N) is 2. The Morgan fingerprint density at radius 3 is 2.68 bits per heavy atom. The summed E-state index contributed by atoms with van der Waals surface area (Å²) in [5.74, 6) is 0.937. The average molecular weight is 299 g/mol. The molecule has 2 N–H and O–H groups in total. The van der Waals surface area contributed by atoms with Crippen molar-refractivity contribution < 1.29 is 14.3 Å². The molecule has 1 aromatic heterocycles. The van der Waals surface area contributed by atoms with Gasteiger partial charge < -0.3 is 14.8 Å². The molecule has 3 rings (SSSR count). The van der Waals surface area contributed by atoms with Crippen molar-refractivity contribution in [2.75, 3.05) is 6.61 Å². The van der Waals surface area contributed by atoms with Crippen molar-refractivity contribution in [2.45, 2.75) is 19.4 Å². The van der Waals surface area contributed by atoms with Gasteiger partial charge in [-0.1, -0.05) is 12.2 Å². The van der Waals surface area contributed by atoms with Crippen LogP contribution in [0.15, 0.2) is 40.8 Å². The first-order valence-electron chi connectivity index (χ1n) is 7.16. The second-order valence-corrected chi connectivity index (χ2v) is 5.35. The number of amides is 1. The van der Waals surface area contributed by atoms with Crippen molar-refractivity contribution in [2.24, 2.45) is 5.92 Å². The third kappa shape index (κ3) is 3.07. The van der Waals surface area contributed by atoms with Crippen LogP contribution < -0.4 is 5.32 Å². The van der Waals surface area contributed by atoms with Gasteiger partial charge in [0.25, 0.3) is 5.91 Å². The van der Waals surface area contributed by atoms with Gasteiger partial charge in [-0.2, -0.15) is 0 Å². The van der Waals surface area contributed by atoms with Gasteiger partial charge in [0.05, 0.1) is 0 Å². The summed E-state index contributed by atoms with van der Waals surface area (Å²) in [5, 5.41) is 19.7. The summed E-state index contributed by atoms with van der Waals surface area (Å²) in [5.41, 5.74) is 1.35. The maximum absolute atomic E-state index is 12.2. The van der Waals surface area contributed by atoms with Crippen LogP contribution >= 0.6 is 0 Å².